The summed E-state index contributed by atoms with van der Waals surface area (Å²) in [5.41, 5.74) is 3.22. The van der Waals surface area contributed by atoms with Crippen LogP contribution in [0.4, 0.5) is 0 Å². The second kappa shape index (κ2) is 5.20. The molecule has 0 aliphatic heterocycles. The molecule has 0 aliphatic rings. The van der Waals surface area contributed by atoms with Crippen molar-refractivity contribution in [1.29, 1.82) is 0 Å². The highest BCUT2D eigenvalue weighted by atomic mass is 16.1. The summed E-state index contributed by atoms with van der Waals surface area (Å²) in [6.45, 7) is 1.85. The number of benzene rings is 1. The zero-order valence-corrected chi connectivity index (χ0v) is 11.4. The Balaban J connectivity index is 1.99. The second-order valence-corrected chi connectivity index (χ2v) is 4.75. The maximum Gasteiger partial charge on any atom is 0.264 e. The molecule has 5 heteroatoms. The summed E-state index contributed by atoms with van der Waals surface area (Å²) in [6, 6.07) is 12.3. The van der Waals surface area contributed by atoms with Crippen LogP contribution in [0.5, 0.6) is 0 Å². The van der Waals surface area contributed by atoms with Crippen molar-refractivity contribution in [1.82, 2.24) is 14.8 Å². The lowest BCUT2D eigenvalue weighted by molar-refractivity contribution is 0.980. The van der Waals surface area contributed by atoms with Gasteiger partial charge in [0.15, 0.2) is 5.43 Å². The summed E-state index contributed by atoms with van der Waals surface area (Å²) in [5, 5.41) is 6.52. The van der Waals surface area contributed by atoms with Crippen LogP contribution in [0.3, 0.4) is 0 Å². The molecule has 0 aliphatic carbocycles. The second-order valence-electron chi connectivity index (χ2n) is 4.75. The van der Waals surface area contributed by atoms with Crippen LogP contribution in [-0.2, 0) is 0 Å². The first-order valence-corrected chi connectivity index (χ1v) is 6.49. The Morgan fingerprint density at radius 3 is 2.29 bits per heavy atom. The molecule has 0 saturated carbocycles. The largest absolute Gasteiger partial charge is 0.324 e. The predicted molar refractivity (Wildman–Crippen MR) is 80.6 cm³/mol. The molecule has 0 atom stereocenters. The molecule has 0 amide bonds. The van der Waals surface area contributed by atoms with Crippen molar-refractivity contribution >= 4 is 0 Å². The van der Waals surface area contributed by atoms with Crippen LogP contribution in [0, 0.1) is 6.92 Å². The highest BCUT2D eigenvalue weighted by Crippen LogP contribution is 2.20. The molecule has 1 N–H and O–H groups in total. The Kier molecular flexibility index (Phi) is 3.23. The highest BCUT2D eigenvalue weighted by Gasteiger charge is 2.04. The number of pyridine rings is 1. The van der Waals surface area contributed by atoms with Crippen molar-refractivity contribution in [2.75, 3.05) is 0 Å². The van der Waals surface area contributed by atoms with Gasteiger partial charge in [0.1, 0.15) is 0 Å². The SMILES string of the molecule is Cc1cc(=O)[nH]nc1-c1ccc(-n2ccc(=O)cc2)cc1. The third kappa shape index (κ3) is 2.67. The number of nitrogens with one attached hydrogen (secondary N) is 1. The molecule has 3 rings (SSSR count). The van der Waals surface area contributed by atoms with E-state index >= 15 is 0 Å². The van der Waals surface area contributed by atoms with Gasteiger partial charge in [-0.15, -0.1) is 0 Å². The molecule has 0 spiro atoms. The van der Waals surface area contributed by atoms with Crippen molar-refractivity contribution < 1.29 is 0 Å². The highest BCUT2D eigenvalue weighted by molar-refractivity contribution is 5.63. The fourth-order valence-corrected chi connectivity index (χ4v) is 2.17. The number of aryl methyl sites for hydroxylation is 1. The fourth-order valence-electron chi connectivity index (χ4n) is 2.17. The summed E-state index contributed by atoms with van der Waals surface area (Å²) in [7, 11) is 0. The monoisotopic (exact) mass is 279 g/mol. The number of aromatic nitrogens is 3. The van der Waals surface area contributed by atoms with E-state index < -0.39 is 0 Å². The summed E-state index contributed by atoms with van der Waals surface area (Å²) in [5.74, 6) is 0. The van der Waals surface area contributed by atoms with E-state index in [1.807, 2.05) is 35.8 Å². The van der Waals surface area contributed by atoms with Crippen molar-refractivity contribution in [2.24, 2.45) is 0 Å². The van der Waals surface area contributed by atoms with E-state index in [4.69, 9.17) is 0 Å². The average Bonchev–Trinajstić information content (AvgIpc) is 2.48. The van der Waals surface area contributed by atoms with Gasteiger partial charge < -0.3 is 4.57 Å². The molecule has 1 aromatic carbocycles. The van der Waals surface area contributed by atoms with Gasteiger partial charge >= 0.3 is 0 Å². The maximum absolute atomic E-state index is 11.2. The van der Waals surface area contributed by atoms with E-state index in [9.17, 15) is 9.59 Å². The van der Waals surface area contributed by atoms with Gasteiger partial charge in [0.05, 0.1) is 5.69 Å². The van der Waals surface area contributed by atoms with Crippen LogP contribution in [0.25, 0.3) is 16.9 Å². The van der Waals surface area contributed by atoms with Gasteiger partial charge in [0, 0.05) is 41.8 Å². The number of nitrogens with zero attached hydrogens (tertiary/aromatic N) is 2. The Bertz CT molecular complexity index is 872. The van der Waals surface area contributed by atoms with E-state index in [2.05, 4.69) is 10.2 Å². The van der Waals surface area contributed by atoms with Crippen LogP contribution in [-0.4, -0.2) is 14.8 Å². The normalized spacial score (nSPS) is 10.5. The van der Waals surface area contributed by atoms with Crippen molar-refractivity contribution in [2.45, 2.75) is 6.92 Å². The molecule has 0 unspecified atom stereocenters. The average molecular weight is 279 g/mol. The standard InChI is InChI=1S/C16H13N3O2/c1-11-10-15(21)17-18-16(11)12-2-4-13(5-3-12)19-8-6-14(20)7-9-19/h2-10H,1H3,(H,17,21). The zero-order chi connectivity index (χ0) is 14.8. The number of H-pyrrole nitrogens is 1. The molecule has 104 valence electrons. The first kappa shape index (κ1) is 13.1. The summed E-state index contributed by atoms with van der Waals surface area (Å²) >= 11 is 0. The minimum atomic E-state index is -0.207. The molecule has 0 bridgehead atoms. The molecular weight excluding hydrogens is 266 g/mol. The lowest BCUT2D eigenvalue weighted by Crippen LogP contribution is -2.08. The molecule has 3 aromatic rings. The van der Waals surface area contributed by atoms with Gasteiger partial charge in [-0.3, -0.25) is 9.59 Å². The molecule has 21 heavy (non-hydrogen) atoms. The third-order valence-electron chi connectivity index (χ3n) is 3.24. The van der Waals surface area contributed by atoms with E-state index in [0.717, 1.165) is 22.5 Å². The van der Waals surface area contributed by atoms with Crippen LogP contribution in [0.2, 0.25) is 0 Å². The van der Waals surface area contributed by atoms with Crippen LogP contribution in [0.1, 0.15) is 5.56 Å². The summed E-state index contributed by atoms with van der Waals surface area (Å²) < 4.78 is 1.86. The minimum Gasteiger partial charge on any atom is -0.324 e. The number of hydrogen-bond donors (Lipinski definition) is 1. The Hall–Kier alpha value is -2.95. The van der Waals surface area contributed by atoms with Crippen molar-refractivity contribution in [3.05, 3.63) is 81.0 Å². The van der Waals surface area contributed by atoms with Crippen LogP contribution >= 0.6 is 0 Å². The van der Waals surface area contributed by atoms with Crippen LogP contribution in [0.15, 0.2) is 64.4 Å². The molecule has 2 heterocycles. The van der Waals surface area contributed by atoms with E-state index in [1.54, 1.807) is 12.4 Å². The third-order valence-corrected chi connectivity index (χ3v) is 3.24. The first-order chi connectivity index (χ1) is 10.1. The molecule has 5 nitrogen and oxygen atoms in total. The number of hydrogen-bond acceptors (Lipinski definition) is 3. The molecule has 2 aromatic heterocycles. The predicted octanol–water partition coefficient (Wildman–Crippen LogP) is 1.90. The van der Waals surface area contributed by atoms with Gasteiger partial charge in [-0.1, -0.05) is 12.1 Å². The smallest absolute Gasteiger partial charge is 0.264 e. The number of aromatic amines is 1. The van der Waals surface area contributed by atoms with E-state index in [-0.39, 0.29) is 11.0 Å². The van der Waals surface area contributed by atoms with Gasteiger partial charge in [0.2, 0.25) is 0 Å². The lowest BCUT2D eigenvalue weighted by Gasteiger charge is -2.08. The molecule has 0 radical (unpaired) electrons. The lowest BCUT2D eigenvalue weighted by atomic mass is 10.1. The van der Waals surface area contributed by atoms with Crippen LogP contribution < -0.4 is 11.0 Å². The Morgan fingerprint density at radius 1 is 1.00 bits per heavy atom. The van der Waals surface area contributed by atoms with Gasteiger partial charge in [-0.2, -0.15) is 5.10 Å². The summed E-state index contributed by atoms with van der Waals surface area (Å²) in [6.07, 6.45) is 3.45. The Labute approximate surface area is 120 Å². The topological polar surface area (TPSA) is 67.8 Å². The van der Waals surface area contributed by atoms with Gasteiger partial charge in [-0.25, -0.2) is 5.10 Å². The van der Waals surface area contributed by atoms with Gasteiger partial charge in [-0.05, 0) is 24.6 Å². The quantitative estimate of drug-likeness (QED) is 0.779. The summed E-state index contributed by atoms with van der Waals surface area (Å²) in [4.78, 5) is 22.3. The maximum atomic E-state index is 11.2. The molecule has 0 saturated heterocycles. The van der Waals surface area contributed by atoms with Crippen molar-refractivity contribution in [3.63, 3.8) is 0 Å². The Morgan fingerprint density at radius 2 is 1.67 bits per heavy atom. The van der Waals surface area contributed by atoms with E-state index in [1.165, 1.54) is 18.2 Å². The first-order valence-electron chi connectivity index (χ1n) is 6.49. The van der Waals surface area contributed by atoms with Crippen molar-refractivity contribution in [3.8, 4) is 16.9 Å². The van der Waals surface area contributed by atoms with Gasteiger partial charge in [0.25, 0.3) is 5.56 Å². The minimum absolute atomic E-state index is 0.0177. The molecule has 0 fully saturated rings. The number of rotatable bonds is 2. The van der Waals surface area contributed by atoms with E-state index in [0.29, 0.717) is 0 Å². The zero-order valence-electron chi connectivity index (χ0n) is 11.4. The fraction of sp³-hybridized carbons (Fsp3) is 0.0625. The molecular formula is C16H13N3O2.